The first-order valence-electron chi connectivity index (χ1n) is 4.64. The van der Waals surface area contributed by atoms with Crippen molar-refractivity contribution in [3.8, 4) is 5.75 Å². The first kappa shape index (κ1) is 9.06. The summed E-state index contributed by atoms with van der Waals surface area (Å²) in [6.07, 6.45) is 1.46. The van der Waals surface area contributed by atoms with Crippen LogP contribution in [0.3, 0.4) is 0 Å². The van der Waals surface area contributed by atoms with Crippen molar-refractivity contribution >= 4 is 5.97 Å². The van der Waals surface area contributed by atoms with Crippen LogP contribution in [0, 0.1) is 5.41 Å². The molecule has 1 N–H and O–H groups in total. The fourth-order valence-corrected chi connectivity index (χ4v) is 1.31. The van der Waals surface area contributed by atoms with Gasteiger partial charge in [0.05, 0.1) is 0 Å². The molecular formula is C11H12O3. The van der Waals surface area contributed by atoms with Gasteiger partial charge in [-0.25, -0.2) is 0 Å². The smallest absolute Gasteiger partial charge is 0.313 e. The first-order valence-corrected chi connectivity index (χ1v) is 4.64. The molecule has 3 heteroatoms. The number of carboxylic acids is 1. The van der Waals surface area contributed by atoms with E-state index in [1.807, 2.05) is 30.3 Å². The Morgan fingerprint density at radius 2 is 2.00 bits per heavy atom. The third-order valence-electron chi connectivity index (χ3n) is 2.57. The number of benzene rings is 1. The number of hydrogen-bond acceptors (Lipinski definition) is 2. The minimum atomic E-state index is -0.742. The molecule has 14 heavy (non-hydrogen) atoms. The molecule has 1 aromatic carbocycles. The second-order valence-electron chi connectivity index (χ2n) is 3.69. The fourth-order valence-electron chi connectivity index (χ4n) is 1.31. The number of para-hydroxylation sites is 1. The van der Waals surface area contributed by atoms with Crippen molar-refractivity contribution in [3.05, 3.63) is 30.3 Å². The van der Waals surface area contributed by atoms with Crippen LogP contribution in [0.2, 0.25) is 0 Å². The van der Waals surface area contributed by atoms with Gasteiger partial charge in [0.2, 0.25) is 0 Å². The van der Waals surface area contributed by atoms with Gasteiger partial charge in [0, 0.05) is 0 Å². The Balaban J connectivity index is 1.92. The lowest BCUT2D eigenvalue weighted by Crippen LogP contribution is -2.22. The maximum Gasteiger partial charge on any atom is 0.313 e. The molecule has 0 heterocycles. The summed E-state index contributed by atoms with van der Waals surface area (Å²) in [6.45, 7) is 0.284. The predicted octanol–water partition coefficient (Wildman–Crippen LogP) is 1.93. The summed E-state index contributed by atoms with van der Waals surface area (Å²) >= 11 is 0. The van der Waals surface area contributed by atoms with Crippen LogP contribution in [0.5, 0.6) is 5.75 Å². The minimum Gasteiger partial charge on any atom is -0.492 e. The SMILES string of the molecule is O=C(O)C1(COc2ccccc2)CC1. The zero-order valence-electron chi connectivity index (χ0n) is 7.77. The molecule has 2 rings (SSSR count). The number of hydrogen-bond donors (Lipinski definition) is 1. The third-order valence-corrected chi connectivity index (χ3v) is 2.57. The molecule has 1 aromatic rings. The molecule has 0 amide bonds. The maximum absolute atomic E-state index is 10.8. The molecule has 0 aliphatic heterocycles. The van der Waals surface area contributed by atoms with E-state index in [9.17, 15) is 4.79 Å². The molecule has 0 atom stereocenters. The van der Waals surface area contributed by atoms with Crippen molar-refractivity contribution in [2.75, 3.05) is 6.61 Å². The number of carboxylic acid groups (broad SMARTS) is 1. The molecule has 0 spiro atoms. The largest absolute Gasteiger partial charge is 0.492 e. The Hall–Kier alpha value is -1.51. The summed E-state index contributed by atoms with van der Waals surface area (Å²) in [5.74, 6) is -0.00606. The van der Waals surface area contributed by atoms with Crippen molar-refractivity contribution in [2.24, 2.45) is 5.41 Å². The van der Waals surface area contributed by atoms with Gasteiger partial charge >= 0.3 is 5.97 Å². The number of ether oxygens (including phenoxy) is 1. The van der Waals surface area contributed by atoms with Crippen LogP contribution in [0.15, 0.2) is 30.3 Å². The van der Waals surface area contributed by atoms with Crippen molar-refractivity contribution in [1.29, 1.82) is 0 Å². The topological polar surface area (TPSA) is 46.5 Å². The number of aliphatic carboxylic acids is 1. The summed E-state index contributed by atoms with van der Waals surface area (Å²) in [4.78, 5) is 10.8. The molecule has 1 saturated carbocycles. The highest BCUT2D eigenvalue weighted by Gasteiger charge is 2.51. The summed E-state index contributed by atoms with van der Waals surface area (Å²) in [5, 5.41) is 8.90. The van der Waals surface area contributed by atoms with Crippen LogP contribution in [0.25, 0.3) is 0 Å². The van der Waals surface area contributed by atoms with E-state index in [1.54, 1.807) is 0 Å². The van der Waals surface area contributed by atoms with E-state index in [-0.39, 0.29) is 6.61 Å². The lowest BCUT2D eigenvalue weighted by atomic mass is 10.1. The zero-order chi connectivity index (χ0) is 10.0. The molecule has 0 radical (unpaired) electrons. The third kappa shape index (κ3) is 1.71. The van der Waals surface area contributed by atoms with Gasteiger partial charge < -0.3 is 9.84 Å². The number of rotatable bonds is 4. The molecular weight excluding hydrogens is 180 g/mol. The Kier molecular flexibility index (Phi) is 2.15. The molecule has 1 aliphatic rings. The quantitative estimate of drug-likeness (QED) is 0.792. The molecule has 3 nitrogen and oxygen atoms in total. The maximum atomic E-state index is 10.8. The minimum absolute atomic E-state index is 0.284. The second kappa shape index (κ2) is 3.33. The lowest BCUT2D eigenvalue weighted by Gasteiger charge is -2.11. The first-order chi connectivity index (χ1) is 6.73. The molecule has 1 fully saturated rings. The van der Waals surface area contributed by atoms with Gasteiger partial charge in [-0.1, -0.05) is 18.2 Å². The van der Waals surface area contributed by atoms with E-state index >= 15 is 0 Å². The molecule has 1 aliphatic carbocycles. The predicted molar refractivity (Wildman–Crippen MR) is 51.2 cm³/mol. The van der Waals surface area contributed by atoms with Gasteiger partial charge in [-0.05, 0) is 25.0 Å². The molecule has 0 aromatic heterocycles. The summed E-state index contributed by atoms with van der Waals surface area (Å²) in [7, 11) is 0. The second-order valence-corrected chi connectivity index (χ2v) is 3.69. The normalized spacial score (nSPS) is 17.4. The highest BCUT2D eigenvalue weighted by Crippen LogP contribution is 2.46. The summed E-state index contributed by atoms with van der Waals surface area (Å²) < 4.78 is 5.41. The Morgan fingerprint density at radius 1 is 1.36 bits per heavy atom. The number of carbonyl (C=O) groups is 1. The van der Waals surface area contributed by atoms with Crippen LogP contribution in [0.4, 0.5) is 0 Å². The summed E-state index contributed by atoms with van der Waals surface area (Å²) in [5.41, 5.74) is -0.601. The van der Waals surface area contributed by atoms with Gasteiger partial charge in [-0.3, -0.25) is 4.79 Å². The summed E-state index contributed by atoms with van der Waals surface area (Å²) in [6, 6.07) is 9.30. The van der Waals surface area contributed by atoms with E-state index in [2.05, 4.69) is 0 Å². The van der Waals surface area contributed by atoms with E-state index in [0.717, 1.165) is 18.6 Å². The van der Waals surface area contributed by atoms with Gasteiger partial charge in [-0.15, -0.1) is 0 Å². The van der Waals surface area contributed by atoms with Gasteiger partial charge in [0.25, 0.3) is 0 Å². The van der Waals surface area contributed by atoms with Crippen LogP contribution < -0.4 is 4.74 Å². The van der Waals surface area contributed by atoms with Crippen molar-refractivity contribution in [3.63, 3.8) is 0 Å². The van der Waals surface area contributed by atoms with E-state index in [1.165, 1.54) is 0 Å². The van der Waals surface area contributed by atoms with Crippen molar-refractivity contribution in [2.45, 2.75) is 12.8 Å². The molecule has 0 saturated heterocycles. The molecule has 74 valence electrons. The van der Waals surface area contributed by atoms with Crippen LogP contribution in [-0.2, 0) is 4.79 Å². The van der Waals surface area contributed by atoms with Gasteiger partial charge in [-0.2, -0.15) is 0 Å². The molecule has 0 unspecified atom stereocenters. The average Bonchev–Trinajstić information content (AvgIpc) is 2.97. The van der Waals surface area contributed by atoms with E-state index < -0.39 is 11.4 Å². The Bertz CT molecular complexity index is 328. The monoisotopic (exact) mass is 192 g/mol. The van der Waals surface area contributed by atoms with Crippen molar-refractivity contribution in [1.82, 2.24) is 0 Å². The Morgan fingerprint density at radius 3 is 2.50 bits per heavy atom. The Labute approximate surface area is 82.3 Å². The van der Waals surface area contributed by atoms with E-state index in [0.29, 0.717) is 0 Å². The van der Waals surface area contributed by atoms with Crippen LogP contribution in [-0.4, -0.2) is 17.7 Å². The molecule has 0 bridgehead atoms. The van der Waals surface area contributed by atoms with Gasteiger partial charge in [0.15, 0.2) is 0 Å². The van der Waals surface area contributed by atoms with Gasteiger partial charge in [0.1, 0.15) is 17.8 Å². The van der Waals surface area contributed by atoms with Crippen LogP contribution >= 0.6 is 0 Å². The highest BCUT2D eigenvalue weighted by molar-refractivity contribution is 5.77. The highest BCUT2D eigenvalue weighted by atomic mass is 16.5. The van der Waals surface area contributed by atoms with Crippen LogP contribution in [0.1, 0.15) is 12.8 Å². The fraction of sp³-hybridized carbons (Fsp3) is 0.364. The zero-order valence-corrected chi connectivity index (χ0v) is 7.77. The lowest BCUT2D eigenvalue weighted by molar-refractivity contribution is -0.144. The van der Waals surface area contributed by atoms with Crippen molar-refractivity contribution < 1.29 is 14.6 Å². The van der Waals surface area contributed by atoms with E-state index in [4.69, 9.17) is 9.84 Å². The standard InChI is InChI=1S/C11H12O3/c12-10(13)11(6-7-11)8-14-9-4-2-1-3-5-9/h1-5H,6-8H2,(H,12,13). The average molecular weight is 192 g/mol.